The van der Waals surface area contributed by atoms with E-state index in [2.05, 4.69) is 280 Å². The predicted molar refractivity (Wildman–Crippen MR) is 300 cm³/mol. The maximum atomic E-state index is 2.55. The van der Waals surface area contributed by atoms with Crippen LogP contribution in [0.4, 0.5) is 34.1 Å². The first-order valence-electron chi connectivity index (χ1n) is 24.4. The number of benzene rings is 12. The minimum Gasteiger partial charge on any atom is -0.309 e. The summed E-state index contributed by atoms with van der Waals surface area (Å²) in [5.41, 5.74) is 21.3. The van der Waals surface area contributed by atoms with E-state index in [1.807, 2.05) is 0 Å². The Morgan fingerprint density at radius 1 is 0.243 bits per heavy atom. The fraction of sp³-hybridized carbons (Fsp3) is 0.0588. The molecule has 0 heterocycles. The van der Waals surface area contributed by atoms with Gasteiger partial charge in [0.1, 0.15) is 0 Å². The van der Waals surface area contributed by atoms with Gasteiger partial charge in [0.15, 0.2) is 0 Å². The third kappa shape index (κ3) is 7.20. The quantitative estimate of drug-likeness (QED) is 0.126. The molecular formula is C68H52N2. The SMILES string of the molecule is Cc1ccccc1N(c1c(-c2ccccc2)ccc(-c2ccccc2)c1C)c1ccc2ccc3c(N(c4ccccc4C)c4c(-c5ccccc5)ccc(-c5ccccc5)c4C)ccc4ccc1c2c43. The van der Waals surface area contributed by atoms with Crippen LogP contribution in [0.3, 0.4) is 0 Å². The summed E-state index contributed by atoms with van der Waals surface area (Å²) in [7, 11) is 0. The van der Waals surface area contributed by atoms with Crippen LogP contribution in [-0.2, 0) is 0 Å². The lowest BCUT2D eigenvalue weighted by Gasteiger charge is -2.34. The van der Waals surface area contributed by atoms with E-state index < -0.39 is 0 Å². The summed E-state index contributed by atoms with van der Waals surface area (Å²) >= 11 is 0. The van der Waals surface area contributed by atoms with Gasteiger partial charge in [-0.25, -0.2) is 0 Å². The van der Waals surface area contributed by atoms with Crippen LogP contribution in [0, 0.1) is 27.7 Å². The molecule has 0 aliphatic heterocycles. The lowest BCUT2D eigenvalue weighted by molar-refractivity contribution is 1.24. The minimum absolute atomic E-state index is 1.14. The number of anilines is 6. The molecule has 0 aliphatic carbocycles. The van der Waals surface area contributed by atoms with Gasteiger partial charge in [-0.1, -0.05) is 218 Å². The van der Waals surface area contributed by atoms with Crippen molar-refractivity contribution in [2.45, 2.75) is 27.7 Å². The molecule has 2 heteroatoms. The highest BCUT2D eigenvalue weighted by molar-refractivity contribution is 6.28. The van der Waals surface area contributed by atoms with E-state index in [1.165, 1.54) is 110 Å². The molecule has 0 saturated heterocycles. The van der Waals surface area contributed by atoms with E-state index in [0.717, 1.165) is 22.7 Å². The summed E-state index contributed by atoms with van der Waals surface area (Å²) in [6, 6.07) is 89.1. The minimum atomic E-state index is 1.14. The van der Waals surface area contributed by atoms with Crippen LogP contribution < -0.4 is 9.80 Å². The summed E-state index contributed by atoms with van der Waals surface area (Å²) in [5, 5.41) is 7.35. The molecule has 0 amide bonds. The van der Waals surface area contributed by atoms with E-state index in [0.29, 0.717) is 0 Å². The Bertz CT molecular complexity index is 3600. The molecule has 0 fully saturated rings. The Balaban J connectivity index is 1.16. The molecule has 0 aromatic heterocycles. The molecule has 0 aliphatic rings. The predicted octanol–water partition coefficient (Wildman–Crippen LogP) is 19.4. The maximum Gasteiger partial charge on any atom is 0.0575 e. The van der Waals surface area contributed by atoms with Crippen molar-refractivity contribution >= 4 is 66.4 Å². The molecular weight excluding hydrogens is 845 g/mol. The molecule has 0 bridgehead atoms. The van der Waals surface area contributed by atoms with E-state index >= 15 is 0 Å². The number of para-hydroxylation sites is 2. The molecule has 0 atom stereocenters. The molecule has 334 valence electrons. The Labute approximate surface area is 411 Å². The van der Waals surface area contributed by atoms with Crippen molar-refractivity contribution in [1.82, 2.24) is 0 Å². The molecule has 0 N–H and O–H groups in total. The molecule has 2 nitrogen and oxygen atoms in total. The summed E-state index contributed by atoms with van der Waals surface area (Å²) in [6.07, 6.45) is 0. The highest BCUT2D eigenvalue weighted by Gasteiger charge is 2.28. The molecule has 0 saturated carbocycles. The number of aryl methyl sites for hydroxylation is 2. The third-order valence-corrected chi connectivity index (χ3v) is 14.5. The zero-order valence-electron chi connectivity index (χ0n) is 40.0. The van der Waals surface area contributed by atoms with Gasteiger partial charge in [-0.15, -0.1) is 0 Å². The van der Waals surface area contributed by atoms with Gasteiger partial charge < -0.3 is 9.80 Å². The van der Waals surface area contributed by atoms with E-state index in [-0.39, 0.29) is 0 Å². The Kier molecular flexibility index (Phi) is 10.8. The van der Waals surface area contributed by atoms with Crippen molar-refractivity contribution in [2.24, 2.45) is 0 Å². The van der Waals surface area contributed by atoms with Gasteiger partial charge in [0.2, 0.25) is 0 Å². The van der Waals surface area contributed by atoms with Crippen molar-refractivity contribution in [1.29, 1.82) is 0 Å². The third-order valence-electron chi connectivity index (χ3n) is 14.5. The fourth-order valence-electron chi connectivity index (χ4n) is 11.1. The van der Waals surface area contributed by atoms with Gasteiger partial charge in [0.25, 0.3) is 0 Å². The average Bonchev–Trinajstić information content (AvgIpc) is 3.41. The fourth-order valence-corrected chi connectivity index (χ4v) is 11.1. The Hall–Kier alpha value is -8.72. The van der Waals surface area contributed by atoms with Crippen LogP contribution in [0.15, 0.2) is 243 Å². The standard InChI is InChI=1S/C68H52N2/c1-45-21-17-19-31-61(45)69(67-47(3)55(49-23-9-5-10-24-49)39-41-57(67)51-27-13-7-14-28-51)63-43-35-53-34-38-60-64(44-36-54-33-37-59(63)65(53)66(54)60)70(62-32-20-18-22-46(62)2)68-48(4)56(50-25-11-6-12-26-50)40-42-58(68)52-29-15-8-16-30-52/h5-44H,1-4H3. The van der Waals surface area contributed by atoms with E-state index in [1.54, 1.807) is 0 Å². The Morgan fingerprint density at radius 3 is 0.900 bits per heavy atom. The molecule has 70 heavy (non-hydrogen) atoms. The van der Waals surface area contributed by atoms with Crippen molar-refractivity contribution in [3.8, 4) is 44.5 Å². The number of nitrogens with zero attached hydrogens (tertiary/aromatic N) is 2. The molecule has 0 unspecified atom stereocenters. The summed E-state index contributed by atoms with van der Waals surface area (Å²) in [6.45, 7) is 9.08. The van der Waals surface area contributed by atoms with E-state index in [4.69, 9.17) is 0 Å². The number of rotatable bonds is 10. The second-order valence-electron chi connectivity index (χ2n) is 18.6. The largest absolute Gasteiger partial charge is 0.309 e. The van der Waals surface area contributed by atoms with Gasteiger partial charge >= 0.3 is 0 Å². The van der Waals surface area contributed by atoms with Crippen LogP contribution in [0.5, 0.6) is 0 Å². The number of hydrogen-bond acceptors (Lipinski definition) is 2. The highest BCUT2D eigenvalue weighted by atomic mass is 15.2. The highest BCUT2D eigenvalue weighted by Crippen LogP contribution is 2.53. The molecule has 12 aromatic rings. The normalized spacial score (nSPS) is 11.4. The Morgan fingerprint density at radius 2 is 0.543 bits per heavy atom. The van der Waals surface area contributed by atoms with Crippen molar-refractivity contribution in [3.05, 3.63) is 265 Å². The first-order chi connectivity index (χ1) is 34.4. The van der Waals surface area contributed by atoms with Crippen LogP contribution in [0.25, 0.3) is 76.8 Å². The summed E-state index contributed by atoms with van der Waals surface area (Å²) in [5.74, 6) is 0. The molecule has 0 spiro atoms. The smallest absolute Gasteiger partial charge is 0.0575 e. The second kappa shape index (κ2) is 17.7. The van der Waals surface area contributed by atoms with Crippen molar-refractivity contribution in [3.63, 3.8) is 0 Å². The van der Waals surface area contributed by atoms with Gasteiger partial charge in [-0.05, 0) is 129 Å². The summed E-state index contributed by atoms with van der Waals surface area (Å²) in [4.78, 5) is 5.10. The van der Waals surface area contributed by atoms with Gasteiger partial charge in [0, 0.05) is 33.3 Å². The lowest BCUT2D eigenvalue weighted by Crippen LogP contribution is -2.15. The van der Waals surface area contributed by atoms with Gasteiger partial charge in [-0.3, -0.25) is 0 Å². The second-order valence-corrected chi connectivity index (χ2v) is 18.6. The van der Waals surface area contributed by atoms with Crippen LogP contribution in [0.2, 0.25) is 0 Å². The zero-order chi connectivity index (χ0) is 47.3. The molecule has 12 rings (SSSR count). The average molecular weight is 897 g/mol. The molecule has 12 aromatic carbocycles. The lowest BCUT2D eigenvalue weighted by atomic mass is 9.89. The number of hydrogen-bond donors (Lipinski definition) is 0. The topological polar surface area (TPSA) is 6.48 Å². The summed E-state index contributed by atoms with van der Waals surface area (Å²) < 4.78 is 0. The van der Waals surface area contributed by atoms with Crippen molar-refractivity contribution < 1.29 is 0 Å². The monoisotopic (exact) mass is 896 g/mol. The van der Waals surface area contributed by atoms with Crippen molar-refractivity contribution in [2.75, 3.05) is 9.80 Å². The maximum absolute atomic E-state index is 2.55. The zero-order valence-corrected chi connectivity index (χ0v) is 40.0. The van der Waals surface area contributed by atoms with E-state index in [9.17, 15) is 0 Å². The first-order valence-corrected chi connectivity index (χ1v) is 24.4. The van der Waals surface area contributed by atoms with Crippen LogP contribution in [-0.4, -0.2) is 0 Å². The molecule has 0 radical (unpaired) electrons. The van der Waals surface area contributed by atoms with Crippen LogP contribution in [0.1, 0.15) is 22.3 Å². The first kappa shape index (κ1) is 42.6. The van der Waals surface area contributed by atoms with Gasteiger partial charge in [-0.2, -0.15) is 0 Å². The van der Waals surface area contributed by atoms with Crippen LogP contribution >= 0.6 is 0 Å². The van der Waals surface area contributed by atoms with Gasteiger partial charge in [0.05, 0.1) is 22.7 Å².